The zero-order valence-corrected chi connectivity index (χ0v) is 22.8. The van der Waals surface area contributed by atoms with E-state index in [9.17, 15) is 4.39 Å². The summed E-state index contributed by atoms with van der Waals surface area (Å²) in [6, 6.07) is 0. The number of aliphatic imine (C=N–C) groups is 4. The van der Waals surface area contributed by atoms with E-state index >= 15 is 4.48 Å². The van der Waals surface area contributed by atoms with Gasteiger partial charge >= 0.3 is 0 Å². The van der Waals surface area contributed by atoms with E-state index in [0.717, 1.165) is 52.5 Å². The van der Waals surface area contributed by atoms with Gasteiger partial charge in [0.15, 0.2) is 12.3 Å². The minimum absolute atomic E-state index is 0.00360. The van der Waals surface area contributed by atoms with E-state index in [2.05, 4.69) is 64.6 Å². The smallest absolute Gasteiger partial charge is 0.157 e. The molecule has 42 heavy (non-hydrogen) atoms. The molecular weight excluding hydrogens is 534 g/mol. The Morgan fingerprint density at radius 1 is 0.714 bits per heavy atom. The van der Waals surface area contributed by atoms with Gasteiger partial charge in [-0.1, -0.05) is 59.8 Å². The molecule has 8 nitrogen and oxygen atoms in total. The molecule has 9 rings (SSSR count). The lowest BCUT2D eigenvalue weighted by Crippen LogP contribution is -2.46. The van der Waals surface area contributed by atoms with Crippen LogP contribution in [0.25, 0.3) is 0 Å². The molecule has 0 spiro atoms. The van der Waals surface area contributed by atoms with Crippen LogP contribution in [0, 0.1) is 17.8 Å². The van der Waals surface area contributed by atoms with Gasteiger partial charge in [0.2, 0.25) is 0 Å². The summed E-state index contributed by atoms with van der Waals surface area (Å²) in [6.07, 6.45) is 21.3. The average molecular weight is 565 g/mol. The van der Waals surface area contributed by atoms with Crippen LogP contribution in [0.5, 0.6) is 0 Å². The van der Waals surface area contributed by atoms with Gasteiger partial charge in [-0.25, -0.2) is 24.4 Å². The van der Waals surface area contributed by atoms with Crippen LogP contribution in [-0.4, -0.2) is 53.1 Å². The lowest BCUT2D eigenvalue weighted by atomic mass is 9.90. The molecule has 8 bridgehead atoms. The number of halogens is 2. The van der Waals surface area contributed by atoms with Crippen molar-refractivity contribution in [3.8, 4) is 0 Å². The molecule has 4 aliphatic carbocycles. The zero-order chi connectivity index (χ0) is 27.9. The summed E-state index contributed by atoms with van der Waals surface area (Å²) in [4.78, 5) is 20.2. The van der Waals surface area contributed by atoms with Crippen LogP contribution in [0.1, 0.15) is 32.1 Å². The fourth-order valence-electron chi connectivity index (χ4n) is 7.56. The lowest BCUT2D eigenvalue weighted by Gasteiger charge is -2.29. The number of hydrogen-bond donors (Lipinski definition) is 3. The summed E-state index contributed by atoms with van der Waals surface area (Å²) in [6.45, 7) is 0. The van der Waals surface area contributed by atoms with Gasteiger partial charge < -0.3 is 16.0 Å². The molecule has 0 aromatic carbocycles. The Balaban J connectivity index is 1.19. The molecule has 7 unspecified atom stereocenters. The van der Waals surface area contributed by atoms with Crippen LogP contribution >= 0.6 is 0 Å². The van der Waals surface area contributed by atoms with Crippen LogP contribution < -0.4 is 16.0 Å². The molecule has 5 heterocycles. The molecule has 9 aliphatic rings. The Hall–Kier alpha value is -4.18. The van der Waals surface area contributed by atoms with Gasteiger partial charge in [-0.3, -0.25) is 0 Å². The molecule has 10 heteroatoms. The number of rotatable bonds is 0. The first-order chi connectivity index (χ1) is 20.6. The topological polar surface area (TPSA) is 88.8 Å². The number of amidine groups is 4. The van der Waals surface area contributed by atoms with Gasteiger partial charge in [-0.15, -0.1) is 4.48 Å². The molecule has 3 N–H and O–H groups in total. The second-order valence-corrected chi connectivity index (χ2v) is 11.9. The van der Waals surface area contributed by atoms with Crippen LogP contribution in [0.15, 0.2) is 114 Å². The average Bonchev–Trinajstić information content (AvgIpc) is 3.75. The maximum atomic E-state index is 16.7. The van der Waals surface area contributed by atoms with E-state index in [0.29, 0.717) is 29.5 Å². The second kappa shape index (κ2) is 9.16. The SMILES string of the molecule is FC1=CCC2=C(C1)C1N=C2NC2=NC(NC3=NC(N=C4NC(C5C=CCC=C45)N1F)C1C=CCC=C31)C1C=CCC=C21. The van der Waals surface area contributed by atoms with Gasteiger partial charge in [0.25, 0.3) is 0 Å². The summed E-state index contributed by atoms with van der Waals surface area (Å²) >= 11 is 0. The van der Waals surface area contributed by atoms with Crippen molar-refractivity contribution in [1.82, 2.24) is 21.1 Å². The molecule has 0 aromatic heterocycles. The Bertz CT molecular complexity index is 1660. The predicted molar refractivity (Wildman–Crippen MR) is 159 cm³/mol. The van der Waals surface area contributed by atoms with Gasteiger partial charge in [-0.2, -0.15) is 0 Å². The number of nitrogens with zero attached hydrogens (tertiary/aromatic N) is 5. The van der Waals surface area contributed by atoms with Crippen LogP contribution in [0.2, 0.25) is 0 Å². The number of allylic oxidation sites excluding steroid dienone is 8. The minimum atomic E-state index is -0.956. The normalized spacial score (nSPS) is 37.3. The summed E-state index contributed by atoms with van der Waals surface area (Å²) in [5, 5.41) is 11.3. The lowest BCUT2D eigenvalue weighted by molar-refractivity contribution is -0.0607. The fourth-order valence-corrected chi connectivity index (χ4v) is 7.56. The highest BCUT2D eigenvalue weighted by Gasteiger charge is 2.47. The van der Waals surface area contributed by atoms with Gasteiger partial charge in [-0.05, 0) is 37.3 Å². The van der Waals surface area contributed by atoms with Gasteiger partial charge in [0, 0.05) is 46.5 Å². The molecule has 0 radical (unpaired) electrons. The maximum Gasteiger partial charge on any atom is 0.157 e. The first-order valence-corrected chi connectivity index (χ1v) is 14.9. The summed E-state index contributed by atoms with van der Waals surface area (Å²) in [5.41, 5.74) is 4.66. The largest absolute Gasteiger partial charge is 0.351 e. The van der Waals surface area contributed by atoms with Crippen molar-refractivity contribution in [2.45, 2.75) is 56.8 Å². The molecule has 5 aliphatic heterocycles. The Morgan fingerprint density at radius 3 is 2.17 bits per heavy atom. The van der Waals surface area contributed by atoms with Gasteiger partial charge in [0.1, 0.15) is 41.5 Å². The van der Waals surface area contributed by atoms with E-state index in [1.165, 1.54) is 0 Å². The minimum Gasteiger partial charge on any atom is -0.351 e. The van der Waals surface area contributed by atoms with Crippen LogP contribution in [-0.2, 0) is 0 Å². The molecule has 1 saturated heterocycles. The predicted octanol–water partition coefficient (Wildman–Crippen LogP) is 4.36. The number of fused-ring (bicyclic) bond motifs is 16. The summed E-state index contributed by atoms with van der Waals surface area (Å²) < 4.78 is 31.3. The van der Waals surface area contributed by atoms with Crippen molar-refractivity contribution in [2.75, 3.05) is 0 Å². The first-order valence-electron chi connectivity index (χ1n) is 14.9. The third kappa shape index (κ3) is 3.60. The maximum absolute atomic E-state index is 16.7. The Kier molecular flexibility index (Phi) is 5.33. The van der Waals surface area contributed by atoms with E-state index in [1.54, 1.807) is 6.08 Å². The molecule has 0 saturated carbocycles. The van der Waals surface area contributed by atoms with Gasteiger partial charge in [0.05, 0.1) is 0 Å². The van der Waals surface area contributed by atoms with E-state index in [-0.39, 0.29) is 42.3 Å². The molecule has 0 amide bonds. The zero-order valence-electron chi connectivity index (χ0n) is 22.8. The fraction of sp³-hybridized carbons (Fsp3) is 0.375. The highest BCUT2D eigenvalue weighted by molar-refractivity contribution is 6.17. The van der Waals surface area contributed by atoms with Crippen molar-refractivity contribution < 1.29 is 8.87 Å². The van der Waals surface area contributed by atoms with Crippen molar-refractivity contribution in [3.63, 3.8) is 0 Å². The molecular formula is C32H30F2N8. The number of nitrogens with one attached hydrogen (secondary N) is 3. The van der Waals surface area contributed by atoms with E-state index < -0.39 is 12.3 Å². The van der Waals surface area contributed by atoms with E-state index in [4.69, 9.17) is 20.0 Å². The molecule has 7 atom stereocenters. The quantitative estimate of drug-likeness (QED) is 0.302. The number of hydrogen-bond acceptors (Lipinski definition) is 8. The highest BCUT2D eigenvalue weighted by atomic mass is 19.2. The Labute approximate surface area is 242 Å². The third-order valence-electron chi connectivity index (χ3n) is 9.57. The first kappa shape index (κ1) is 24.4. The Morgan fingerprint density at radius 2 is 1.38 bits per heavy atom. The van der Waals surface area contributed by atoms with Crippen molar-refractivity contribution in [2.24, 2.45) is 37.7 Å². The molecule has 212 valence electrons. The third-order valence-corrected chi connectivity index (χ3v) is 9.57. The van der Waals surface area contributed by atoms with Crippen LogP contribution in [0.4, 0.5) is 8.87 Å². The van der Waals surface area contributed by atoms with Crippen molar-refractivity contribution in [1.29, 1.82) is 0 Å². The summed E-state index contributed by atoms with van der Waals surface area (Å²) in [7, 11) is 0. The monoisotopic (exact) mass is 564 g/mol. The van der Waals surface area contributed by atoms with E-state index in [1.807, 2.05) is 6.08 Å². The molecule has 0 aromatic rings. The molecule has 1 fully saturated rings. The highest BCUT2D eigenvalue weighted by Crippen LogP contribution is 2.41. The standard InChI is InChI=1S/C32H30F2N8/c33-16-13-14-22-24(15-16)32-41-30(22)39-28-20-10-4-2-8-18(20)26(37-28)35-25-17-7-1-3-9-19(17)27(36-25)38-29-21-11-5-6-12-23(21)31(40-29)42(32)34/h2-3,6-13,18-19,23,26-27,31-32H,1,4-5,14-15H2,(H,35,36)(H,38,40)(H,37,39,41). The van der Waals surface area contributed by atoms with Crippen molar-refractivity contribution in [3.05, 3.63) is 94.5 Å². The second-order valence-electron chi connectivity index (χ2n) is 11.9. The van der Waals surface area contributed by atoms with Crippen LogP contribution in [0.3, 0.4) is 0 Å². The summed E-state index contributed by atoms with van der Waals surface area (Å²) in [5.74, 6) is 2.25. The van der Waals surface area contributed by atoms with Crippen molar-refractivity contribution >= 4 is 23.3 Å².